The number of piperidine rings is 1. The van der Waals surface area contributed by atoms with E-state index in [1.807, 2.05) is 12.1 Å². The molecule has 0 aromatic heterocycles. The van der Waals surface area contributed by atoms with Gasteiger partial charge in [0.15, 0.2) is 0 Å². The number of benzene rings is 2. The number of likely N-dealkylation sites (tertiary alicyclic amines) is 1. The van der Waals surface area contributed by atoms with Crippen molar-refractivity contribution in [2.45, 2.75) is 44.6 Å². The van der Waals surface area contributed by atoms with Crippen LogP contribution in [0.2, 0.25) is 0 Å². The van der Waals surface area contributed by atoms with Gasteiger partial charge in [0, 0.05) is 42.4 Å². The highest BCUT2D eigenvalue weighted by Gasteiger charge is 2.27. The van der Waals surface area contributed by atoms with Crippen LogP contribution < -0.4 is 10.6 Å². The summed E-state index contributed by atoms with van der Waals surface area (Å²) in [6.07, 6.45) is 0.576. The van der Waals surface area contributed by atoms with Crippen molar-refractivity contribution in [1.82, 2.24) is 15.5 Å². The van der Waals surface area contributed by atoms with Crippen LogP contribution in [-0.2, 0) is 16.1 Å². The van der Waals surface area contributed by atoms with E-state index in [0.29, 0.717) is 18.4 Å². The smallest absolute Gasteiger partial charge is 0.330 e. The molecule has 0 aliphatic carbocycles. The number of hydrogen-bond acceptors (Lipinski definition) is 5. The Morgan fingerprint density at radius 2 is 1.62 bits per heavy atom. The summed E-state index contributed by atoms with van der Waals surface area (Å²) in [5.74, 6) is 5.39. The second-order valence-electron chi connectivity index (χ2n) is 8.53. The molecule has 2 aromatic carbocycles. The third kappa shape index (κ3) is 7.14. The molecule has 0 unspecified atom stereocenters. The third-order valence-electron chi connectivity index (χ3n) is 6.07. The molecule has 1 heterocycles. The summed E-state index contributed by atoms with van der Waals surface area (Å²) >= 11 is 0. The van der Waals surface area contributed by atoms with Crippen LogP contribution in [0.5, 0.6) is 0 Å². The molecule has 1 amide bonds. The minimum atomic E-state index is -0.791. The lowest BCUT2D eigenvalue weighted by atomic mass is 10.1. The van der Waals surface area contributed by atoms with Gasteiger partial charge in [-0.3, -0.25) is 9.69 Å². The summed E-state index contributed by atoms with van der Waals surface area (Å²) in [5, 5.41) is 5.67. The Morgan fingerprint density at radius 3 is 2.15 bits per heavy atom. The Kier molecular flexibility index (Phi) is 9.20. The van der Waals surface area contributed by atoms with Crippen molar-refractivity contribution in [1.29, 1.82) is 0 Å². The van der Waals surface area contributed by atoms with Crippen molar-refractivity contribution in [3.63, 3.8) is 0 Å². The van der Waals surface area contributed by atoms with Gasteiger partial charge in [0.05, 0.1) is 7.11 Å². The van der Waals surface area contributed by atoms with Gasteiger partial charge in [-0.15, -0.1) is 0 Å². The summed E-state index contributed by atoms with van der Waals surface area (Å²) in [5.41, 5.74) is 3.30. The van der Waals surface area contributed by atoms with E-state index in [9.17, 15) is 14.0 Å². The lowest BCUT2D eigenvalue weighted by Gasteiger charge is -2.28. The Balaban J connectivity index is 1.58. The van der Waals surface area contributed by atoms with E-state index in [0.717, 1.165) is 30.8 Å². The fourth-order valence-electron chi connectivity index (χ4n) is 3.77. The number of carbonyl (C=O) groups excluding carboxylic acids is 2. The summed E-state index contributed by atoms with van der Waals surface area (Å²) in [6.45, 7) is 4.22. The Bertz CT molecular complexity index is 1020. The molecule has 1 aliphatic heterocycles. The zero-order valence-corrected chi connectivity index (χ0v) is 19.9. The number of rotatable bonds is 7. The molecule has 2 aromatic rings. The first-order valence-corrected chi connectivity index (χ1v) is 11.5. The average molecular weight is 466 g/mol. The molecule has 3 rings (SSSR count). The highest BCUT2D eigenvalue weighted by atomic mass is 19.1. The number of esters is 1. The van der Waals surface area contributed by atoms with Gasteiger partial charge in [-0.2, -0.15) is 0 Å². The van der Waals surface area contributed by atoms with Crippen LogP contribution in [0.4, 0.5) is 4.39 Å². The Hall–Kier alpha value is -3.21. The van der Waals surface area contributed by atoms with Gasteiger partial charge in [-0.05, 0) is 68.8 Å². The van der Waals surface area contributed by atoms with Crippen LogP contribution in [0, 0.1) is 11.8 Å². The monoisotopic (exact) mass is 465 g/mol. The largest absolute Gasteiger partial charge is 0.467 e. The zero-order valence-electron chi connectivity index (χ0n) is 19.9. The Labute approximate surface area is 200 Å². The second-order valence-corrected chi connectivity index (χ2v) is 8.53. The molecule has 0 saturated carbocycles. The van der Waals surface area contributed by atoms with Gasteiger partial charge in [-0.1, -0.05) is 24.0 Å². The SMILES string of the molecule is CN[C@H](C)[C@H](NC(=O)c1ccc(C#Cc2ccc(CN3CCC(F)CC3)cc2)cc1)C(=O)OC. The summed E-state index contributed by atoms with van der Waals surface area (Å²) in [7, 11) is 3.01. The number of hydrogen-bond donors (Lipinski definition) is 2. The number of halogens is 1. The van der Waals surface area contributed by atoms with Gasteiger partial charge in [0.1, 0.15) is 12.2 Å². The van der Waals surface area contributed by atoms with Crippen LogP contribution in [0.3, 0.4) is 0 Å². The van der Waals surface area contributed by atoms with Gasteiger partial charge < -0.3 is 15.4 Å². The predicted molar refractivity (Wildman–Crippen MR) is 130 cm³/mol. The van der Waals surface area contributed by atoms with Gasteiger partial charge in [0.2, 0.25) is 0 Å². The summed E-state index contributed by atoms with van der Waals surface area (Å²) in [4.78, 5) is 26.8. The molecular formula is C27H32FN3O3. The maximum Gasteiger partial charge on any atom is 0.330 e. The van der Waals surface area contributed by atoms with Crippen LogP contribution in [0.15, 0.2) is 48.5 Å². The highest BCUT2D eigenvalue weighted by molar-refractivity contribution is 5.97. The molecule has 2 atom stereocenters. The van der Waals surface area contributed by atoms with E-state index in [1.165, 1.54) is 12.7 Å². The van der Waals surface area contributed by atoms with E-state index in [4.69, 9.17) is 4.74 Å². The van der Waals surface area contributed by atoms with E-state index >= 15 is 0 Å². The van der Waals surface area contributed by atoms with Crippen molar-refractivity contribution in [3.8, 4) is 11.8 Å². The van der Waals surface area contributed by atoms with Gasteiger partial charge in [0.25, 0.3) is 5.91 Å². The third-order valence-corrected chi connectivity index (χ3v) is 6.07. The topological polar surface area (TPSA) is 70.7 Å². The molecule has 34 heavy (non-hydrogen) atoms. The number of carbonyl (C=O) groups is 2. The standard InChI is InChI=1S/C27H32FN3O3/c1-19(29-2)25(27(33)34-3)30-26(32)23-12-10-21(11-13-23)5-4-20-6-8-22(9-7-20)18-31-16-14-24(28)15-17-31/h6-13,19,24-25,29H,14-18H2,1-3H3,(H,30,32)/t19-,25+/m1/s1. The average Bonchev–Trinajstić information content (AvgIpc) is 2.87. The van der Waals surface area contributed by atoms with Crippen LogP contribution in [-0.4, -0.2) is 62.3 Å². The lowest BCUT2D eigenvalue weighted by molar-refractivity contribution is -0.143. The molecule has 0 bridgehead atoms. The van der Waals surface area contributed by atoms with Crippen molar-refractivity contribution >= 4 is 11.9 Å². The molecule has 0 spiro atoms. The van der Waals surface area contributed by atoms with Gasteiger partial charge in [-0.25, -0.2) is 9.18 Å². The number of likely N-dealkylation sites (N-methyl/N-ethyl adjacent to an activating group) is 1. The number of ether oxygens (including phenoxy) is 1. The first-order chi connectivity index (χ1) is 16.4. The molecule has 0 radical (unpaired) electrons. The first kappa shape index (κ1) is 25.4. The molecule has 6 nitrogen and oxygen atoms in total. The highest BCUT2D eigenvalue weighted by Crippen LogP contribution is 2.16. The fraction of sp³-hybridized carbons (Fsp3) is 0.407. The van der Waals surface area contributed by atoms with Crippen molar-refractivity contribution in [3.05, 3.63) is 70.8 Å². The molecule has 1 fully saturated rings. The van der Waals surface area contributed by atoms with Crippen molar-refractivity contribution in [2.75, 3.05) is 27.2 Å². The van der Waals surface area contributed by atoms with E-state index < -0.39 is 18.2 Å². The fourth-order valence-corrected chi connectivity index (χ4v) is 3.77. The first-order valence-electron chi connectivity index (χ1n) is 11.5. The maximum absolute atomic E-state index is 13.3. The number of amides is 1. The maximum atomic E-state index is 13.3. The van der Waals surface area contributed by atoms with E-state index in [-0.39, 0.29) is 11.9 Å². The quantitative estimate of drug-likeness (QED) is 0.486. The number of nitrogens with zero attached hydrogens (tertiary/aromatic N) is 1. The van der Waals surface area contributed by atoms with Crippen LogP contribution in [0.1, 0.15) is 46.8 Å². The number of alkyl halides is 1. The normalized spacial score (nSPS) is 16.1. The molecular weight excluding hydrogens is 433 g/mol. The van der Waals surface area contributed by atoms with Crippen molar-refractivity contribution < 1.29 is 18.7 Å². The van der Waals surface area contributed by atoms with Crippen LogP contribution in [0.25, 0.3) is 0 Å². The number of nitrogens with one attached hydrogen (secondary N) is 2. The van der Waals surface area contributed by atoms with E-state index in [1.54, 1.807) is 38.2 Å². The predicted octanol–water partition coefficient (Wildman–Crippen LogP) is 2.90. The second kappa shape index (κ2) is 12.3. The van der Waals surface area contributed by atoms with E-state index in [2.05, 4.69) is 39.5 Å². The minimum Gasteiger partial charge on any atom is -0.467 e. The molecule has 1 aliphatic rings. The molecule has 2 N–H and O–H groups in total. The Morgan fingerprint density at radius 1 is 1.06 bits per heavy atom. The lowest BCUT2D eigenvalue weighted by Crippen LogP contribution is -2.52. The number of methoxy groups -OCH3 is 1. The van der Waals surface area contributed by atoms with Crippen LogP contribution >= 0.6 is 0 Å². The minimum absolute atomic E-state index is 0.282. The summed E-state index contributed by atoms with van der Waals surface area (Å²) in [6, 6.07) is 13.9. The molecule has 7 heteroatoms. The molecule has 180 valence electrons. The molecule has 1 saturated heterocycles. The summed E-state index contributed by atoms with van der Waals surface area (Å²) < 4.78 is 18.1. The van der Waals surface area contributed by atoms with Crippen molar-refractivity contribution in [2.24, 2.45) is 0 Å². The van der Waals surface area contributed by atoms with Gasteiger partial charge >= 0.3 is 5.97 Å². The zero-order chi connectivity index (χ0) is 24.5.